The lowest BCUT2D eigenvalue weighted by atomic mass is 9.76. The molecule has 3 heterocycles. The predicted molar refractivity (Wildman–Crippen MR) is 152 cm³/mol. The van der Waals surface area contributed by atoms with Gasteiger partial charge in [0, 0.05) is 29.9 Å². The molecule has 8 nitrogen and oxygen atoms in total. The topological polar surface area (TPSA) is 98.8 Å². The van der Waals surface area contributed by atoms with Crippen LogP contribution in [-0.2, 0) is 31.3 Å². The van der Waals surface area contributed by atoms with Crippen molar-refractivity contribution in [1.29, 1.82) is 0 Å². The maximum atomic E-state index is 14.5. The predicted octanol–water partition coefficient (Wildman–Crippen LogP) is 4.35. The SMILES string of the molecule is CC(=O)Nc1ccc(N2C(=O)[C@@H]3[C@H](CC(C)C)N[C@@]4(C(=O)N(Cc5ccc(F)cc5)c5ccccc54)[C@@H]3C2=O)cc1. The number of carbonyl (C=O) groups excluding carboxylic acids is 4. The fraction of sp³-hybridized carbons (Fsp3) is 0.312. The van der Waals surface area contributed by atoms with Crippen molar-refractivity contribution < 1.29 is 23.6 Å². The first-order valence-corrected chi connectivity index (χ1v) is 13.8. The zero-order valence-electron chi connectivity index (χ0n) is 23.1. The smallest absolute Gasteiger partial charge is 0.253 e. The van der Waals surface area contributed by atoms with Gasteiger partial charge in [0.2, 0.25) is 17.7 Å². The van der Waals surface area contributed by atoms with Crippen molar-refractivity contribution in [2.24, 2.45) is 17.8 Å². The Bertz CT molecular complexity index is 1550. The molecule has 2 N–H and O–H groups in total. The molecule has 2 saturated heterocycles. The zero-order chi connectivity index (χ0) is 29.1. The average molecular weight is 555 g/mol. The number of halogens is 1. The number of amides is 4. The number of hydrogen-bond acceptors (Lipinski definition) is 5. The van der Waals surface area contributed by atoms with Gasteiger partial charge in [-0.1, -0.05) is 44.2 Å². The minimum atomic E-state index is -1.42. The summed E-state index contributed by atoms with van der Waals surface area (Å²) in [6, 6.07) is 19.5. The maximum absolute atomic E-state index is 14.5. The number of anilines is 3. The van der Waals surface area contributed by atoms with E-state index in [4.69, 9.17) is 0 Å². The number of fused-ring (bicyclic) bond motifs is 4. The number of carbonyl (C=O) groups is 4. The normalized spacial score (nSPS) is 24.9. The second kappa shape index (κ2) is 9.92. The van der Waals surface area contributed by atoms with Crippen molar-refractivity contribution in [1.82, 2.24) is 5.32 Å². The number of benzene rings is 3. The summed E-state index contributed by atoms with van der Waals surface area (Å²) in [6.45, 7) is 5.70. The van der Waals surface area contributed by atoms with E-state index in [-0.39, 0.29) is 36.0 Å². The van der Waals surface area contributed by atoms with Crippen LogP contribution in [0.1, 0.15) is 38.3 Å². The van der Waals surface area contributed by atoms with Crippen LogP contribution in [0, 0.1) is 23.6 Å². The second-order valence-corrected chi connectivity index (χ2v) is 11.5. The number of nitrogens with zero attached hydrogens (tertiary/aromatic N) is 2. The Balaban J connectivity index is 1.43. The highest BCUT2D eigenvalue weighted by Crippen LogP contribution is 2.56. The van der Waals surface area contributed by atoms with Crippen LogP contribution in [0.3, 0.4) is 0 Å². The Morgan fingerprint density at radius 2 is 1.66 bits per heavy atom. The molecule has 2 fully saturated rings. The summed E-state index contributed by atoms with van der Waals surface area (Å²) in [4.78, 5) is 57.2. The largest absolute Gasteiger partial charge is 0.326 e. The molecular formula is C32H31FN4O4. The van der Waals surface area contributed by atoms with Crippen LogP contribution >= 0.6 is 0 Å². The summed E-state index contributed by atoms with van der Waals surface area (Å²) in [5, 5.41) is 6.22. The molecule has 3 aromatic rings. The molecule has 3 aliphatic rings. The molecule has 0 bridgehead atoms. The molecule has 6 rings (SSSR count). The van der Waals surface area contributed by atoms with Gasteiger partial charge in [0.25, 0.3) is 5.91 Å². The zero-order valence-corrected chi connectivity index (χ0v) is 23.1. The quantitative estimate of drug-likeness (QED) is 0.442. The van der Waals surface area contributed by atoms with E-state index in [1.165, 1.54) is 24.0 Å². The van der Waals surface area contributed by atoms with Crippen LogP contribution in [0.25, 0.3) is 0 Å². The number of hydrogen-bond donors (Lipinski definition) is 2. The van der Waals surface area contributed by atoms with Crippen molar-refractivity contribution in [3.63, 3.8) is 0 Å². The summed E-state index contributed by atoms with van der Waals surface area (Å²) >= 11 is 0. The number of nitrogens with one attached hydrogen (secondary N) is 2. The first kappa shape index (κ1) is 26.8. The van der Waals surface area contributed by atoms with E-state index in [2.05, 4.69) is 10.6 Å². The molecule has 9 heteroatoms. The Hall–Kier alpha value is -4.37. The first-order chi connectivity index (χ1) is 19.6. The third kappa shape index (κ3) is 4.23. The lowest BCUT2D eigenvalue weighted by Gasteiger charge is -2.31. The molecule has 4 amide bonds. The molecule has 210 valence electrons. The Labute approximate surface area is 237 Å². The minimum Gasteiger partial charge on any atom is -0.326 e. The summed E-state index contributed by atoms with van der Waals surface area (Å²) in [7, 11) is 0. The van der Waals surface area contributed by atoms with Crippen LogP contribution in [0.4, 0.5) is 21.5 Å². The molecule has 41 heavy (non-hydrogen) atoms. The lowest BCUT2D eigenvalue weighted by Crippen LogP contribution is -2.55. The van der Waals surface area contributed by atoms with E-state index in [1.54, 1.807) is 41.3 Å². The molecule has 0 aromatic heterocycles. The molecule has 3 aliphatic heterocycles. The van der Waals surface area contributed by atoms with Crippen LogP contribution < -0.4 is 20.4 Å². The molecule has 3 aromatic carbocycles. The first-order valence-electron chi connectivity index (χ1n) is 13.8. The van der Waals surface area contributed by atoms with Gasteiger partial charge in [-0.15, -0.1) is 0 Å². The summed E-state index contributed by atoms with van der Waals surface area (Å²) < 4.78 is 13.6. The molecule has 0 unspecified atom stereocenters. The molecule has 0 saturated carbocycles. The van der Waals surface area contributed by atoms with Crippen molar-refractivity contribution >= 4 is 40.7 Å². The van der Waals surface area contributed by atoms with Gasteiger partial charge in [-0.05, 0) is 60.4 Å². The number of rotatable bonds is 6. The van der Waals surface area contributed by atoms with Gasteiger partial charge in [-0.2, -0.15) is 0 Å². The van der Waals surface area contributed by atoms with Crippen LogP contribution in [0.15, 0.2) is 72.8 Å². The third-order valence-corrected chi connectivity index (χ3v) is 8.29. The maximum Gasteiger partial charge on any atom is 0.253 e. The average Bonchev–Trinajstić information content (AvgIpc) is 3.49. The van der Waals surface area contributed by atoms with Gasteiger partial charge < -0.3 is 10.2 Å². The standard InChI is InChI=1S/C32H31FN4O4/c1-18(2)16-25-27-28(30(40)37(29(27)39)23-14-12-22(13-15-23)34-19(3)38)32(35-25)24-6-4-5-7-26(24)36(31(32)41)17-20-8-10-21(33)11-9-20/h4-15,18,25,27-28,35H,16-17H2,1-3H3,(H,34,38)/t25-,27+,28-,32+/m0/s1. The van der Waals surface area contributed by atoms with E-state index in [9.17, 15) is 23.6 Å². The second-order valence-electron chi connectivity index (χ2n) is 11.5. The number of para-hydroxylation sites is 1. The van der Waals surface area contributed by atoms with Gasteiger partial charge in [-0.25, -0.2) is 9.29 Å². The summed E-state index contributed by atoms with van der Waals surface area (Å²) in [5.41, 5.74) is 1.60. The van der Waals surface area contributed by atoms with E-state index in [0.29, 0.717) is 29.0 Å². The van der Waals surface area contributed by atoms with Gasteiger partial charge in [0.05, 0.1) is 24.1 Å². The Morgan fingerprint density at radius 3 is 2.32 bits per heavy atom. The summed E-state index contributed by atoms with van der Waals surface area (Å²) in [5.74, 6) is -3.14. The van der Waals surface area contributed by atoms with Gasteiger partial charge in [-0.3, -0.25) is 24.5 Å². The fourth-order valence-corrected chi connectivity index (χ4v) is 6.74. The van der Waals surface area contributed by atoms with Crippen LogP contribution in [-0.4, -0.2) is 29.7 Å². The van der Waals surface area contributed by atoms with Gasteiger partial charge >= 0.3 is 0 Å². The van der Waals surface area contributed by atoms with Crippen molar-refractivity contribution in [3.05, 3.63) is 89.7 Å². The van der Waals surface area contributed by atoms with E-state index < -0.39 is 29.3 Å². The molecule has 0 radical (unpaired) electrons. The summed E-state index contributed by atoms with van der Waals surface area (Å²) in [6.07, 6.45) is 0.602. The van der Waals surface area contributed by atoms with Crippen molar-refractivity contribution in [3.8, 4) is 0 Å². The molecule has 4 atom stereocenters. The van der Waals surface area contributed by atoms with Crippen LogP contribution in [0.2, 0.25) is 0 Å². The molecule has 1 spiro atoms. The Morgan fingerprint density at radius 1 is 0.976 bits per heavy atom. The van der Waals surface area contributed by atoms with E-state index in [0.717, 1.165) is 5.56 Å². The number of imide groups is 1. The lowest BCUT2D eigenvalue weighted by molar-refractivity contribution is -0.132. The van der Waals surface area contributed by atoms with Gasteiger partial charge in [0.15, 0.2) is 0 Å². The monoisotopic (exact) mass is 554 g/mol. The third-order valence-electron chi connectivity index (χ3n) is 8.29. The molecular weight excluding hydrogens is 523 g/mol. The highest BCUT2D eigenvalue weighted by atomic mass is 19.1. The van der Waals surface area contributed by atoms with E-state index in [1.807, 2.05) is 38.1 Å². The minimum absolute atomic E-state index is 0.197. The highest BCUT2D eigenvalue weighted by molar-refractivity contribution is 6.26. The highest BCUT2D eigenvalue weighted by Gasteiger charge is 2.71. The fourth-order valence-electron chi connectivity index (χ4n) is 6.74. The Kier molecular flexibility index (Phi) is 6.49. The van der Waals surface area contributed by atoms with E-state index >= 15 is 0 Å². The van der Waals surface area contributed by atoms with Crippen molar-refractivity contribution in [2.45, 2.75) is 45.3 Å². The van der Waals surface area contributed by atoms with Crippen LogP contribution in [0.5, 0.6) is 0 Å². The molecule has 0 aliphatic carbocycles. The van der Waals surface area contributed by atoms with Crippen molar-refractivity contribution in [2.75, 3.05) is 15.1 Å². The van der Waals surface area contributed by atoms with Gasteiger partial charge in [0.1, 0.15) is 11.4 Å².